The van der Waals surface area contributed by atoms with Gasteiger partial charge in [-0.05, 0) is 52.7 Å². The van der Waals surface area contributed by atoms with E-state index in [4.69, 9.17) is 0 Å². The van der Waals surface area contributed by atoms with Crippen LogP contribution < -0.4 is 10.9 Å². The number of halogens is 2. The van der Waals surface area contributed by atoms with E-state index in [0.717, 1.165) is 0 Å². The number of H-pyrrole nitrogens is 1. The summed E-state index contributed by atoms with van der Waals surface area (Å²) in [6, 6.07) is 5.71. The summed E-state index contributed by atoms with van der Waals surface area (Å²) < 4.78 is 13.7. The number of aryl methyl sites for hydroxylation is 1. The Hall–Kier alpha value is -1.95. The highest BCUT2D eigenvalue weighted by atomic mass is 79.9. The Balaban J connectivity index is 2.32. The zero-order valence-corrected chi connectivity index (χ0v) is 11.5. The molecule has 0 unspecified atom stereocenters. The SMILES string of the molecule is Cc1cc(Br)c(F)cc1NC(=O)c1ccc[nH]c1=O. The number of aromatic nitrogens is 1. The van der Waals surface area contributed by atoms with Gasteiger partial charge in [0.2, 0.25) is 0 Å². The molecule has 2 aromatic rings. The molecule has 1 aromatic carbocycles. The number of carbonyl (C=O) groups is 1. The van der Waals surface area contributed by atoms with Crippen molar-refractivity contribution in [2.45, 2.75) is 6.92 Å². The number of benzene rings is 1. The standard InChI is InChI=1S/C13H10BrFN2O2/c1-7-5-9(14)10(15)6-11(7)17-13(19)8-3-2-4-16-12(8)18/h2-6H,1H3,(H,16,18)(H,17,19). The quantitative estimate of drug-likeness (QED) is 0.892. The van der Waals surface area contributed by atoms with Gasteiger partial charge in [0.25, 0.3) is 11.5 Å². The van der Waals surface area contributed by atoms with Gasteiger partial charge < -0.3 is 10.3 Å². The molecular weight excluding hydrogens is 315 g/mol. The zero-order valence-electron chi connectivity index (χ0n) is 9.96. The first-order valence-corrected chi connectivity index (χ1v) is 6.23. The third kappa shape index (κ3) is 2.90. The summed E-state index contributed by atoms with van der Waals surface area (Å²) in [7, 11) is 0. The molecule has 1 aromatic heterocycles. The molecule has 6 heteroatoms. The molecule has 0 radical (unpaired) electrons. The van der Waals surface area contributed by atoms with Crippen molar-refractivity contribution in [2.75, 3.05) is 5.32 Å². The number of hydrogen-bond donors (Lipinski definition) is 2. The van der Waals surface area contributed by atoms with Crippen molar-refractivity contribution < 1.29 is 9.18 Å². The summed E-state index contributed by atoms with van der Waals surface area (Å²) in [5, 5.41) is 2.52. The monoisotopic (exact) mass is 324 g/mol. The summed E-state index contributed by atoms with van der Waals surface area (Å²) in [6.07, 6.45) is 1.43. The van der Waals surface area contributed by atoms with Crippen LogP contribution in [0.25, 0.3) is 0 Å². The van der Waals surface area contributed by atoms with Crippen LogP contribution in [-0.2, 0) is 0 Å². The largest absolute Gasteiger partial charge is 0.328 e. The minimum atomic E-state index is -0.577. The minimum Gasteiger partial charge on any atom is -0.328 e. The first kappa shape index (κ1) is 13.5. The Morgan fingerprint density at radius 1 is 1.42 bits per heavy atom. The van der Waals surface area contributed by atoms with Crippen LogP contribution in [0.5, 0.6) is 0 Å². The number of nitrogens with one attached hydrogen (secondary N) is 2. The van der Waals surface area contributed by atoms with Crippen molar-refractivity contribution >= 4 is 27.5 Å². The molecule has 0 aliphatic rings. The van der Waals surface area contributed by atoms with Crippen molar-refractivity contribution in [3.63, 3.8) is 0 Å². The van der Waals surface area contributed by atoms with Crippen molar-refractivity contribution in [2.24, 2.45) is 0 Å². The van der Waals surface area contributed by atoms with E-state index < -0.39 is 17.3 Å². The average molecular weight is 325 g/mol. The van der Waals surface area contributed by atoms with E-state index in [9.17, 15) is 14.0 Å². The molecule has 0 spiro atoms. The molecule has 1 heterocycles. The maximum Gasteiger partial charge on any atom is 0.261 e. The van der Waals surface area contributed by atoms with Crippen LogP contribution in [-0.4, -0.2) is 10.9 Å². The predicted molar refractivity (Wildman–Crippen MR) is 73.9 cm³/mol. The lowest BCUT2D eigenvalue weighted by atomic mass is 10.2. The van der Waals surface area contributed by atoms with Gasteiger partial charge >= 0.3 is 0 Å². The van der Waals surface area contributed by atoms with Gasteiger partial charge in [-0.1, -0.05) is 0 Å². The summed E-state index contributed by atoms with van der Waals surface area (Å²) >= 11 is 3.06. The molecule has 0 saturated carbocycles. The molecule has 19 heavy (non-hydrogen) atoms. The third-order valence-electron chi connectivity index (χ3n) is 2.58. The number of carbonyl (C=O) groups excluding carboxylic acids is 1. The maximum absolute atomic E-state index is 13.4. The maximum atomic E-state index is 13.4. The molecule has 0 fully saturated rings. The Bertz CT molecular complexity index is 697. The lowest BCUT2D eigenvalue weighted by Gasteiger charge is -2.09. The van der Waals surface area contributed by atoms with E-state index in [-0.39, 0.29) is 5.56 Å². The fourth-order valence-corrected chi connectivity index (χ4v) is 2.03. The van der Waals surface area contributed by atoms with E-state index in [0.29, 0.717) is 15.7 Å². The second kappa shape index (κ2) is 5.36. The minimum absolute atomic E-state index is 0.0229. The molecule has 0 atom stereocenters. The van der Waals surface area contributed by atoms with Crippen molar-refractivity contribution in [1.29, 1.82) is 0 Å². The third-order valence-corrected chi connectivity index (χ3v) is 3.19. The van der Waals surface area contributed by atoms with Gasteiger partial charge in [-0.2, -0.15) is 0 Å². The van der Waals surface area contributed by atoms with Crippen molar-refractivity contribution in [1.82, 2.24) is 4.98 Å². The number of hydrogen-bond acceptors (Lipinski definition) is 2. The van der Waals surface area contributed by atoms with Crippen molar-refractivity contribution in [3.05, 3.63) is 62.2 Å². The lowest BCUT2D eigenvalue weighted by molar-refractivity contribution is 0.102. The van der Waals surface area contributed by atoms with E-state index >= 15 is 0 Å². The Kier molecular flexibility index (Phi) is 3.80. The number of anilines is 1. The van der Waals surface area contributed by atoms with Gasteiger partial charge in [0.1, 0.15) is 11.4 Å². The van der Waals surface area contributed by atoms with Gasteiger partial charge in [0, 0.05) is 11.9 Å². The first-order valence-electron chi connectivity index (χ1n) is 5.43. The number of rotatable bonds is 2. The highest BCUT2D eigenvalue weighted by Gasteiger charge is 2.12. The second-order valence-electron chi connectivity index (χ2n) is 3.95. The Morgan fingerprint density at radius 2 is 2.16 bits per heavy atom. The highest BCUT2D eigenvalue weighted by Crippen LogP contribution is 2.24. The van der Waals surface area contributed by atoms with Gasteiger partial charge in [-0.15, -0.1) is 0 Å². The van der Waals surface area contributed by atoms with E-state index in [1.807, 2.05) is 0 Å². The first-order chi connectivity index (χ1) is 8.99. The zero-order chi connectivity index (χ0) is 14.0. The molecule has 98 valence electrons. The van der Waals surface area contributed by atoms with Gasteiger partial charge in [0.05, 0.1) is 4.47 Å². The normalized spacial score (nSPS) is 10.3. The summed E-state index contributed by atoms with van der Waals surface area (Å²) in [6.45, 7) is 1.73. The molecule has 0 saturated heterocycles. The van der Waals surface area contributed by atoms with Crippen molar-refractivity contribution in [3.8, 4) is 0 Å². The van der Waals surface area contributed by atoms with E-state index in [1.54, 1.807) is 19.1 Å². The highest BCUT2D eigenvalue weighted by molar-refractivity contribution is 9.10. The molecule has 0 aliphatic carbocycles. The molecular formula is C13H10BrFN2O2. The summed E-state index contributed by atoms with van der Waals surface area (Å²) in [5.41, 5.74) is 0.503. The molecule has 2 rings (SSSR count). The number of amides is 1. The van der Waals surface area contributed by atoms with Crippen LogP contribution in [0.4, 0.5) is 10.1 Å². The fourth-order valence-electron chi connectivity index (χ4n) is 1.57. The van der Waals surface area contributed by atoms with Crippen LogP contribution in [0.3, 0.4) is 0 Å². The fraction of sp³-hybridized carbons (Fsp3) is 0.0769. The van der Waals surface area contributed by atoms with Crippen LogP contribution >= 0.6 is 15.9 Å². The van der Waals surface area contributed by atoms with Gasteiger partial charge in [-0.3, -0.25) is 9.59 Å². The smallest absolute Gasteiger partial charge is 0.261 e. The van der Waals surface area contributed by atoms with E-state index in [2.05, 4.69) is 26.2 Å². The summed E-state index contributed by atoms with van der Waals surface area (Å²) in [4.78, 5) is 25.8. The summed E-state index contributed by atoms with van der Waals surface area (Å²) in [5.74, 6) is -1.06. The Labute approximate surface area is 116 Å². The molecule has 1 amide bonds. The van der Waals surface area contributed by atoms with Crippen LogP contribution in [0, 0.1) is 12.7 Å². The number of aromatic amines is 1. The molecule has 2 N–H and O–H groups in total. The predicted octanol–water partition coefficient (Wildman–Crippen LogP) is 2.84. The van der Waals surface area contributed by atoms with Crippen LogP contribution in [0.1, 0.15) is 15.9 Å². The molecule has 0 bridgehead atoms. The molecule has 4 nitrogen and oxygen atoms in total. The van der Waals surface area contributed by atoms with E-state index in [1.165, 1.54) is 18.3 Å². The lowest BCUT2D eigenvalue weighted by Crippen LogP contribution is -2.22. The topological polar surface area (TPSA) is 62.0 Å². The molecule has 0 aliphatic heterocycles. The average Bonchev–Trinajstić information content (AvgIpc) is 2.36. The van der Waals surface area contributed by atoms with Gasteiger partial charge in [0.15, 0.2) is 0 Å². The van der Waals surface area contributed by atoms with Crippen LogP contribution in [0.2, 0.25) is 0 Å². The van der Waals surface area contributed by atoms with Crippen LogP contribution in [0.15, 0.2) is 39.7 Å². The Morgan fingerprint density at radius 3 is 2.84 bits per heavy atom. The van der Waals surface area contributed by atoms with Gasteiger partial charge in [-0.25, -0.2) is 4.39 Å². The number of pyridine rings is 1. The second-order valence-corrected chi connectivity index (χ2v) is 4.80.